The molecule has 6 heteroatoms. The van der Waals surface area contributed by atoms with Crippen molar-refractivity contribution < 1.29 is 18.0 Å². The summed E-state index contributed by atoms with van der Waals surface area (Å²) in [4.78, 5) is 13.6. The molecule has 0 saturated heterocycles. The number of alkyl halides is 3. The van der Waals surface area contributed by atoms with Gasteiger partial charge >= 0.3 is 6.18 Å². The number of nitrogens with zero attached hydrogens (tertiary/aromatic N) is 1. The first-order valence-electron chi connectivity index (χ1n) is 6.57. The average Bonchev–Trinajstić information content (AvgIpc) is 2.55. The summed E-state index contributed by atoms with van der Waals surface area (Å²) >= 11 is 0. The van der Waals surface area contributed by atoms with Gasteiger partial charge in [-0.25, -0.2) is 0 Å². The Morgan fingerprint density at radius 3 is 2.65 bits per heavy atom. The molecule has 0 bridgehead atoms. The van der Waals surface area contributed by atoms with E-state index in [1.807, 2.05) is 12.1 Å². The van der Waals surface area contributed by atoms with Gasteiger partial charge in [0, 0.05) is 25.2 Å². The summed E-state index contributed by atoms with van der Waals surface area (Å²) in [7, 11) is 0. The molecule has 1 unspecified atom stereocenters. The number of nitrogens with two attached hydrogens (primary N) is 1. The van der Waals surface area contributed by atoms with Gasteiger partial charge in [0.05, 0.1) is 5.92 Å². The van der Waals surface area contributed by atoms with Gasteiger partial charge in [-0.3, -0.25) is 4.79 Å². The largest absolute Gasteiger partial charge is 0.394 e. The molecule has 0 radical (unpaired) electrons. The summed E-state index contributed by atoms with van der Waals surface area (Å²) in [5, 5.41) is 0. The van der Waals surface area contributed by atoms with Crippen molar-refractivity contribution in [3.05, 3.63) is 35.4 Å². The van der Waals surface area contributed by atoms with E-state index in [1.54, 1.807) is 12.1 Å². The van der Waals surface area contributed by atoms with E-state index < -0.39 is 18.6 Å². The van der Waals surface area contributed by atoms with E-state index in [2.05, 4.69) is 0 Å². The first-order chi connectivity index (χ1) is 9.43. The molecule has 2 N–H and O–H groups in total. The van der Waals surface area contributed by atoms with Crippen LogP contribution in [-0.2, 0) is 6.42 Å². The second-order valence-corrected chi connectivity index (χ2v) is 4.99. The third-order valence-corrected chi connectivity index (χ3v) is 3.60. The molecule has 0 aliphatic carbocycles. The highest BCUT2D eigenvalue weighted by Crippen LogP contribution is 2.28. The lowest BCUT2D eigenvalue weighted by atomic mass is 10.0. The first-order valence-corrected chi connectivity index (χ1v) is 6.57. The Morgan fingerprint density at radius 2 is 2.00 bits per heavy atom. The van der Waals surface area contributed by atoms with Gasteiger partial charge in [-0.15, -0.1) is 0 Å². The van der Waals surface area contributed by atoms with Crippen LogP contribution in [0.15, 0.2) is 24.3 Å². The number of benzene rings is 1. The molecule has 2 rings (SSSR count). The van der Waals surface area contributed by atoms with Gasteiger partial charge in [0.15, 0.2) is 0 Å². The van der Waals surface area contributed by atoms with Crippen LogP contribution < -0.4 is 5.73 Å². The third-order valence-electron chi connectivity index (χ3n) is 3.60. The Balaban J connectivity index is 2.20. The summed E-state index contributed by atoms with van der Waals surface area (Å²) in [6.07, 6.45) is -3.00. The van der Waals surface area contributed by atoms with Crippen molar-refractivity contribution in [2.75, 3.05) is 19.6 Å². The van der Waals surface area contributed by atoms with Crippen LogP contribution in [0.25, 0.3) is 0 Å². The maximum absolute atomic E-state index is 12.8. The summed E-state index contributed by atoms with van der Waals surface area (Å²) in [5.41, 5.74) is 6.60. The van der Waals surface area contributed by atoms with Crippen molar-refractivity contribution in [2.24, 2.45) is 11.7 Å². The highest BCUT2D eigenvalue weighted by molar-refractivity contribution is 5.96. The van der Waals surface area contributed by atoms with E-state index in [-0.39, 0.29) is 12.5 Å². The fourth-order valence-corrected chi connectivity index (χ4v) is 2.43. The maximum Gasteiger partial charge on any atom is 0.394 e. The molecule has 0 fully saturated rings. The Morgan fingerprint density at radius 1 is 1.30 bits per heavy atom. The molecule has 110 valence electrons. The van der Waals surface area contributed by atoms with Crippen LogP contribution in [0.3, 0.4) is 0 Å². The number of aryl methyl sites for hydroxylation is 1. The molecule has 1 aromatic carbocycles. The highest BCUT2D eigenvalue weighted by atomic mass is 19.4. The number of fused-ring (bicyclic) bond motifs is 1. The lowest BCUT2D eigenvalue weighted by molar-refractivity contribution is -0.174. The molecule has 1 aromatic rings. The monoisotopic (exact) mass is 286 g/mol. The first kappa shape index (κ1) is 14.8. The molecule has 1 atom stereocenters. The van der Waals surface area contributed by atoms with Gasteiger partial charge in [0.1, 0.15) is 0 Å². The molecule has 1 heterocycles. The van der Waals surface area contributed by atoms with E-state index in [1.165, 1.54) is 4.90 Å². The second-order valence-electron chi connectivity index (χ2n) is 4.99. The van der Waals surface area contributed by atoms with Crippen LogP contribution in [0.2, 0.25) is 0 Å². The number of carbonyl (C=O) groups excluding carboxylic acids is 1. The minimum atomic E-state index is -4.37. The van der Waals surface area contributed by atoms with Crippen molar-refractivity contribution in [3.8, 4) is 0 Å². The Bertz CT molecular complexity index is 488. The lowest BCUT2D eigenvalue weighted by Gasteiger charge is -2.27. The minimum Gasteiger partial charge on any atom is -0.338 e. The molecule has 1 aliphatic rings. The zero-order valence-corrected chi connectivity index (χ0v) is 11.0. The van der Waals surface area contributed by atoms with Crippen LogP contribution in [0.4, 0.5) is 13.2 Å². The quantitative estimate of drug-likeness (QED) is 0.926. The fourth-order valence-electron chi connectivity index (χ4n) is 2.43. The van der Waals surface area contributed by atoms with Crippen LogP contribution in [0.1, 0.15) is 22.3 Å². The zero-order valence-electron chi connectivity index (χ0n) is 11.0. The van der Waals surface area contributed by atoms with Gasteiger partial charge in [-0.1, -0.05) is 18.2 Å². The van der Waals surface area contributed by atoms with Crippen LogP contribution in [0, 0.1) is 5.92 Å². The molecular weight excluding hydrogens is 269 g/mol. The summed E-state index contributed by atoms with van der Waals surface area (Å²) < 4.78 is 38.3. The normalized spacial score (nSPS) is 17.6. The van der Waals surface area contributed by atoms with Gasteiger partial charge in [-0.2, -0.15) is 13.2 Å². The summed E-state index contributed by atoms with van der Waals surface area (Å²) in [6.45, 7) is -0.539. The van der Waals surface area contributed by atoms with E-state index in [9.17, 15) is 18.0 Å². The van der Waals surface area contributed by atoms with Crippen molar-refractivity contribution in [1.82, 2.24) is 4.90 Å². The van der Waals surface area contributed by atoms with Crippen molar-refractivity contribution in [2.45, 2.75) is 19.0 Å². The Labute approximate surface area is 115 Å². The predicted molar refractivity (Wildman–Crippen MR) is 69.3 cm³/mol. The molecule has 3 nitrogen and oxygen atoms in total. The van der Waals surface area contributed by atoms with Crippen molar-refractivity contribution >= 4 is 5.91 Å². The number of hydrogen-bond donors (Lipinski definition) is 1. The SMILES string of the molecule is NCC(CN1CCCc2ccccc2C1=O)C(F)(F)F. The smallest absolute Gasteiger partial charge is 0.338 e. The van der Waals surface area contributed by atoms with Crippen LogP contribution in [-0.4, -0.2) is 36.6 Å². The molecule has 0 spiro atoms. The van der Waals surface area contributed by atoms with Crippen LogP contribution >= 0.6 is 0 Å². The Kier molecular flexibility index (Phi) is 4.32. The average molecular weight is 286 g/mol. The fraction of sp³-hybridized carbons (Fsp3) is 0.500. The molecule has 20 heavy (non-hydrogen) atoms. The molecule has 0 saturated carbocycles. The molecule has 1 amide bonds. The van der Waals surface area contributed by atoms with Crippen LogP contribution in [0.5, 0.6) is 0 Å². The van der Waals surface area contributed by atoms with E-state index in [4.69, 9.17) is 5.73 Å². The standard InChI is InChI=1S/C14H17F3N2O/c15-14(16,17)11(8-18)9-19-7-3-5-10-4-1-2-6-12(10)13(19)20/h1-2,4,6,11H,3,5,7-9,18H2. The highest BCUT2D eigenvalue weighted by Gasteiger charge is 2.40. The molecule has 1 aliphatic heterocycles. The predicted octanol–water partition coefficient (Wildman–Crippen LogP) is 2.21. The van der Waals surface area contributed by atoms with Gasteiger partial charge in [0.2, 0.25) is 0 Å². The summed E-state index contributed by atoms with van der Waals surface area (Å²) in [5.74, 6) is -2.00. The number of rotatable bonds is 3. The van der Waals surface area contributed by atoms with E-state index >= 15 is 0 Å². The molecular formula is C14H17F3N2O. The lowest BCUT2D eigenvalue weighted by Crippen LogP contribution is -2.43. The number of amides is 1. The van der Waals surface area contributed by atoms with Gasteiger partial charge in [0.25, 0.3) is 5.91 Å². The van der Waals surface area contributed by atoms with Crippen molar-refractivity contribution in [3.63, 3.8) is 0 Å². The second kappa shape index (κ2) is 5.83. The Hall–Kier alpha value is -1.56. The topological polar surface area (TPSA) is 46.3 Å². The van der Waals surface area contributed by atoms with Gasteiger partial charge in [-0.05, 0) is 24.5 Å². The number of hydrogen-bond acceptors (Lipinski definition) is 2. The third kappa shape index (κ3) is 3.12. The number of carbonyl (C=O) groups is 1. The molecule has 0 aromatic heterocycles. The van der Waals surface area contributed by atoms with E-state index in [0.29, 0.717) is 24.9 Å². The summed E-state index contributed by atoms with van der Waals surface area (Å²) in [6, 6.07) is 7.08. The minimum absolute atomic E-state index is 0.333. The van der Waals surface area contributed by atoms with Gasteiger partial charge < -0.3 is 10.6 Å². The maximum atomic E-state index is 12.8. The zero-order chi connectivity index (χ0) is 14.8. The number of halogens is 3. The van der Waals surface area contributed by atoms with E-state index in [0.717, 1.165) is 5.56 Å². The van der Waals surface area contributed by atoms with Crippen molar-refractivity contribution in [1.29, 1.82) is 0 Å².